The van der Waals surface area contributed by atoms with Gasteiger partial charge in [0.05, 0.1) is 19.3 Å². The van der Waals surface area contributed by atoms with Crippen LogP contribution in [0.4, 0.5) is 0 Å². The monoisotopic (exact) mass is 406 g/mol. The van der Waals surface area contributed by atoms with Crippen molar-refractivity contribution < 1.29 is 19.6 Å². The van der Waals surface area contributed by atoms with E-state index in [1.54, 1.807) is 18.9 Å². The van der Waals surface area contributed by atoms with E-state index in [0.29, 0.717) is 38.1 Å². The number of aliphatic hydroxyl groups excluding tert-OH is 1. The Hall–Kier alpha value is -1.54. The van der Waals surface area contributed by atoms with Gasteiger partial charge < -0.3 is 9.94 Å². The first-order chi connectivity index (χ1) is 13.4. The number of hydrogen-bond acceptors (Lipinski definition) is 6. The van der Waals surface area contributed by atoms with Crippen LogP contribution in [-0.2, 0) is 14.5 Å². The van der Waals surface area contributed by atoms with Crippen LogP contribution >= 0.6 is 11.8 Å². The lowest BCUT2D eigenvalue weighted by Gasteiger charge is -2.42. The van der Waals surface area contributed by atoms with Crippen LogP contribution in [0, 0.1) is 20.8 Å². The predicted octanol–water partition coefficient (Wildman–Crippen LogP) is 3.41. The molecule has 7 heteroatoms. The first-order valence-electron chi connectivity index (χ1n) is 9.63. The molecule has 2 heterocycles. The van der Waals surface area contributed by atoms with Gasteiger partial charge in [-0.15, -0.1) is 0 Å². The minimum Gasteiger partial charge on any atom is -0.509 e. The third kappa shape index (κ3) is 3.56. The molecule has 0 aromatic heterocycles. The highest BCUT2D eigenvalue weighted by Crippen LogP contribution is 2.46. The number of nitrogens with zero attached hydrogens (tertiary/aromatic N) is 2. The van der Waals surface area contributed by atoms with Crippen molar-refractivity contribution >= 4 is 23.2 Å². The molecule has 1 aromatic carbocycles. The summed E-state index contributed by atoms with van der Waals surface area (Å²) >= 11 is 1.66. The molecule has 2 aliphatic heterocycles. The summed E-state index contributed by atoms with van der Waals surface area (Å²) in [6.07, 6.45) is 3.12. The molecule has 1 spiro atoms. The summed E-state index contributed by atoms with van der Waals surface area (Å²) in [5.41, 5.74) is 3.48. The van der Waals surface area contributed by atoms with Crippen LogP contribution in [0.5, 0.6) is 0 Å². The first-order valence-corrected chi connectivity index (χ1v) is 11.0. The molecule has 28 heavy (non-hydrogen) atoms. The molecule has 1 amide bonds. The predicted molar refractivity (Wildman–Crippen MR) is 112 cm³/mol. The topological polar surface area (TPSA) is 62.2 Å². The maximum Gasteiger partial charge on any atom is 0.282 e. The highest BCUT2D eigenvalue weighted by atomic mass is 32.2. The van der Waals surface area contributed by atoms with Crippen molar-refractivity contribution in [2.75, 3.05) is 38.8 Å². The number of carbonyl (C=O) groups excluding carboxylic acids is 1. The second-order valence-corrected chi connectivity index (χ2v) is 8.55. The second-order valence-electron chi connectivity index (χ2n) is 7.57. The van der Waals surface area contributed by atoms with Gasteiger partial charge in [-0.05, 0) is 56.6 Å². The molecule has 3 rings (SSSR count). The largest absolute Gasteiger partial charge is 0.509 e. The Bertz CT molecular complexity index is 762. The average molecular weight is 407 g/mol. The number of carbonyl (C=O) groups is 1. The Morgan fingerprint density at radius 1 is 1.18 bits per heavy atom. The Labute approximate surface area is 171 Å². The number of aliphatic hydroxyl groups is 1. The SMILES string of the molecule is CON1CCC2(CC1)C(O)=C(c1c(C)cc(C)cc1C)C(=O)N2OCCSC. The van der Waals surface area contributed by atoms with Gasteiger partial charge in [-0.3, -0.25) is 9.63 Å². The van der Waals surface area contributed by atoms with Crippen molar-refractivity contribution in [1.82, 2.24) is 10.1 Å². The van der Waals surface area contributed by atoms with Gasteiger partial charge in [-0.1, -0.05) is 17.7 Å². The Kier molecular flexibility index (Phi) is 6.39. The number of aryl methyl sites for hydroxylation is 3. The molecule has 0 bridgehead atoms. The van der Waals surface area contributed by atoms with Crippen molar-refractivity contribution in [2.24, 2.45) is 0 Å². The molecular weight excluding hydrogens is 376 g/mol. The summed E-state index contributed by atoms with van der Waals surface area (Å²) in [5, 5.41) is 14.7. The molecule has 6 nitrogen and oxygen atoms in total. The summed E-state index contributed by atoms with van der Waals surface area (Å²) in [7, 11) is 1.64. The summed E-state index contributed by atoms with van der Waals surface area (Å²) in [4.78, 5) is 24.7. The first kappa shape index (κ1) is 21.2. The lowest BCUT2D eigenvalue weighted by Crippen LogP contribution is -2.55. The molecule has 0 radical (unpaired) electrons. The maximum absolute atomic E-state index is 13.5. The van der Waals surface area contributed by atoms with Crippen LogP contribution in [0.3, 0.4) is 0 Å². The molecule has 0 aliphatic carbocycles. The van der Waals surface area contributed by atoms with Crippen LogP contribution in [0.1, 0.15) is 35.1 Å². The molecule has 2 aliphatic rings. The van der Waals surface area contributed by atoms with Gasteiger partial charge in [0.15, 0.2) is 0 Å². The van der Waals surface area contributed by atoms with E-state index in [1.807, 2.05) is 44.2 Å². The van der Waals surface area contributed by atoms with E-state index < -0.39 is 5.54 Å². The van der Waals surface area contributed by atoms with Crippen LogP contribution in [-0.4, -0.2) is 65.5 Å². The Morgan fingerprint density at radius 2 is 1.79 bits per heavy atom. The molecule has 0 atom stereocenters. The van der Waals surface area contributed by atoms with Crippen molar-refractivity contribution in [2.45, 2.75) is 39.2 Å². The number of benzene rings is 1. The molecular formula is C21H30N2O4S. The fourth-order valence-electron chi connectivity index (χ4n) is 4.40. The Morgan fingerprint density at radius 3 is 2.32 bits per heavy atom. The van der Waals surface area contributed by atoms with E-state index in [9.17, 15) is 9.90 Å². The molecule has 1 fully saturated rings. The average Bonchev–Trinajstić information content (AvgIpc) is 2.84. The summed E-state index contributed by atoms with van der Waals surface area (Å²) in [5.74, 6) is 0.662. The highest BCUT2D eigenvalue weighted by molar-refractivity contribution is 7.98. The van der Waals surface area contributed by atoms with Crippen LogP contribution in [0.25, 0.3) is 5.57 Å². The number of piperidine rings is 1. The van der Waals surface area contributed by atoms with E-state index in [1.165, 1.54) is 5.06 Å². The fourth-order valence-corrected chi connectivity index (χ4v) is 4.64. The smallest absolute Gasteiger partial charge is 0.282 e. The minimum absolute atomic E-state index is 0.132. The Balaban J connectivity index is 2.06. The third-order valence-corrected chi connectivity index (χ3v) is 6.28. The van der Waals surface area contributed by atoms with Gasteiger partial charge in [0.2, 0.25) is 0 Å². The zero-order valence-electron chi connectivity index (χ0n) is 17.4. The maximum atomic E-state index is 13.5. The normalized spacial score (nSPS) is 19.9. The number of rotatable bonds is 6. The second kappa shape index (κ2) is 8.45. The number of hydrogen-bond donors (Lipinski definition) is 1. The molecule has 1 N–H and O–H groups in total. The lowest BCUT2D eigenvalue weighted by molar-refractivity contribution is -0.230. The number of thioether (sulfide) groups is 1. The lowest BCUT2D eigenvalue weighted by atomic mass is 9.85. The van der Waals surface area contributed by atoms with Gasteiger partial charge in [-0.2, -0.15) is 16.8 Å². The van der Waals surface area contributed by atoms with Gasteiger partial charge in [-0.25, -0.2) is 5.06 Å². The van der Waals surface area contributed by atoms with Gasteiger partial charge in [0.25, 0.3) is 5.91 Å². The quantitative estimate of drug-likeness (QED) is 0.731. The van der Waals surface area contributed by atoms with E-state index in [0.717, 1.165) is 28.0 Å². The van der Waals surface area contributed by atoms with Crippen molar-refractivity contribution in [3.63, 3.8) is 0 Å². The van der Waals surface area contributed by atoms with E-state index in [4.69, 9.17) is 9.68 Å². The zero-order valence-corrected chi connectivity index (χ0v) is 18.2. The number of hydroxylamine groups is 4. The van der Waals surface area contributed by atoms with Crippen LogP contribution < -0.4 is 0 Å². The van der Waals surface area contributed by atoms with Gasteiger partial charge in [0, 0.05) is 18.8 Å². The molecule has 0 saturated carbocycles. The molecule has 0 unspecified atom stereocenters. The van der Waals surface area contributed by atoms with Crippen LogP contribution in [0.2, 0.25) is 0 Å². The summed E-state index contributed by atoms with van der Waals surface area (Å²) in [6, 6.07) is 4.10. The van der Waals surface area contributed by atoms with Gasteiger partial charge in [0.1, 0.15) is 11.3 Å². The highest BCUT2D eigenvalue weighted by Gasteiger charge is 2.55. The van der Waals surface area contributed by atoms with E-state index in [-0.39, 0.29) is 11.7 Å². The zero-order chi connectivity index (χ0) is 20.5. The van der Waals surface area contributed by atoms with Crippen molar-refractivity contribution in [3.8, 4) is 0 Å². The molecule has 1 saturated heterocycles. The molecule has 154 valence electrons. The van der Waals surface area contributed by atoms with Crippen molar-refractivity contribution in [1.29, 1.82) is 0 Å². The summed E-state index contributed by atoms with van der Waals surface area (Å²) < 4.78 is 0. The third-order valence-electron chi connectivity index (χ3n) is 5.71. The van der Waals surface area contributed by atoms with Crippen LogP contribution in [0.15, 0.2) is 17.9 Å². The minimum atomic E-state index is -0.830. The molecule has 1 aromatic rings. The fraction of sp³-hybridized carbons (Fsp3) is 0.571. The number of amides is 1. The van der Waals surface area contributed by atoms with Gasteiger partial charge >= 0.3 is 0 Å². The summed E-state index contributed by atoms with van der Waals surface area (Å²) in [6.45, 7) is 7.68. The standard InChI is InChI=1S/C21H30N2O4S/c1-14-12-15(2)17(16(3)13-14)18-19(24)21(6-8-22(26-4)9-7-21)23(20(18)25)27-10-11-28-5/h12-13,24H,6-11H2,1-5H3. The van der Waals surface area contributed by atoms with Crippen molar-refractivity contribution in [3.05, 3.63) is 40.1 Å². The van der Waals surface area contributed by atoms with E-state index >= 15 is 0 Å². The van der Waals surface area contributed by atoms with E-state index in [2.05, 4.69) is 0 Å².